The van der Waals surface area contributed by atoms with Crippen LogP contribution in [0, 0.1) is 0 Å². The number of rotatable bonds is 10. The van der Waals surface area contributed by atoms with Gasteiger partial charge in [0.1, 0.15) is 6.54 Å². The fourth-order valence-corrected chi connectivity index (χ4v) is 4.21. The number of ether oxygens (including phenoxy) is 1. The maximum atomic E-state index is 13.3. The molecule has 1 aromatic carbocycles. The first-order valence-electron chi connectivity index (χ1n) is 10.8. The van der Waals surface area contributed by atoms with Gasteiger partial charge >= 0.3 is 6.03 Å². The Labute approximate surface area is 188 Å². The van der Waals surface area contributed by atoms with Gasteiger partial charge in [-0.1, -0.05) is 36.4 Å². The Balaban J connectivity index is 1.67. The van der Waals surface area contributed by atoms with Gasteiger partial charge in [-0.25, -0.2) is 4.79 Å². The number of nitrogens with zero attached hydrogens (tertiary/aromatic N) is 3. The molecule has 168 valence electrons. The van der Waals surface area contributed by atoms with Gasteiger partial charge in [-0.2, -0.15) is 0 Å². The molecule has 3 amide bonds. The highest BCUT2D eigenvalue weighted by Crippen LogP contribution is 2.15. The smallest absolute Gasteiger partial charge is 0.317 e. The number of hydrogen-bond donors (Lipinski definition) is 1. The van der Waals surface area contributed by atoms with Crippen LogP contribution >= 0.6 is 11.3 Å². The third kappa shape index (κ3) is 7.65. The summed E-state index contributed by atoms with van der Waals surface area (Å²) in [4.78, 5) is 32.8. The van der Waals surface area contributed by atoms with E-state index in [1.807, 2.05) is 59.7 Å². The van der Waals surface area contributed by atoms with Gasteiger partial charge in [-0.3, -0.25) is 9.69 Å². The van der Waals surface area contributed by atoms with Crippen molar-refractivity contribution in [2.24, 2.45) is 0 Å². The van der Waals surface area contributed by atoms with Crippen LogP contribution in [0.15, 0.2) is 47.8 Å². The molecule has 0 spiro atoms. The second-order valence-electron chi connectivity index (χ2n) is 7.53. The lowest BCUT2D eigenvalue weighted by atomic mass is 10.2. The van der Waals surface area contributed by atoms with E-state index in [0.717, 1.165) is 30.1 Å². The predicted molar refractivity (Wildman–Crippen MR) is 123 cm³/mol. The zero-order chi connectivity index (χ0) is 21.9. The van der Waals surface area contributed by atoms with Crippen LogP contribution < -0.4 is 5.32 Å². The third-order valence-electron chi connectivity index (χ3n) is 5.23. The van der Waals surface area contributed by atoms with E-state index in [4.69, 9.17) is 4.74 Å². The molecule has 7 nitrogen and oxygen atoms in total. The number of amides is 3. The van der Waals surface area contributed by atoms with Crippen LogP contribution in [0.4, 0.5) is 4.79 Å². The fourth-order valence-electron chi connectivity index (χ4n) is 3.49. The molecule has 2 heterocycles. The standard InChI is InChI=1S/C23H32N4O3S/c1-2-24-23(29)26(11-10-25-12-14-30-15-13-25)19-22(28)27(18-21-9-6-16-31-21)17-20-7-4-3-5-8-20/h3-9,16H,2,10-15,17-19H2,1H3,(H,24,29). The van der Waals surface area contributed by atoms with Crippen LogP contribution in [0.1, 0.15) is 17.4 Å². The summed E-state index contributed by atoms with van der Waals surface area (Å²) < 4.78 is 5.40. The molecule has 0 radical (unpaired) electrons. The fraction of sp³-hybridized carbons (Fsp3) is 0.478. The SMILES string of the molecule is CCNC(=O)N(CCN1CCOCC1)CC(=O)N(Cc1ccccc1)Cc1cccs1. The number of benzene rings is 1. The van der Waals surface area contributed by atoms with Gasteiger partial charge < -0.3 is 19.9 Å². The minimum Gasteiger partial charge on any atom is -0.379 e. The molecule has 1 N–H and O–H groups in total. The average Bonchev–Trinajstić information content (AvgIpc) is 3.31. The summed E-state index contributed by atoms with van der Waals surface area (Å²) in [6.45, 7) is 7.93. The highest BCUT2D eigenvalue weighted by atomic mass is 32.1. The summed E-state index contributed by atoms with van der Waals surface area (Å²) >= 11 is 1.64. The number of urea groups is 1. The second kappa shape index (κ2) is 12.4. The van der Waals surface area contributed by atoms with Crippen LogP contribution in [0.25, 0.3) is 0 Å². The molecule has 0 saturated carbocycles. The van der Waals surface area contributed by atoms with E-state index in [1.54, 1.807) is 16.2 Å². The summed E-state index contributed by atoms with van der Waals surface area (Å²) in [5.41, 5.74) is 1.07. The van der Waals surface area contributed by atoms with E-state index in [2.05, 4.69) is 10.2 Å². The summed E-state index contributed by atoms with van der Waals surface area (Å²) in [5, 5.41) is 4.87. The zero-order valence-corrected chi connectivity index (χ0v) is 19.0. The molecule has 2 aromatic rings. The van der Waals surface area contributed by atoms with Crippen LogP contribution in [0.5, 0.6) is 0 Å². The number of carbonyl (C=O) groups excluding carboxylic acids is 2. The molecule has 1 saturated heterocycles. The van der Waals surface area contributed by atoms with Gasteiger partial charge in [0.05, 0.1) is 19.8 Å². The van der Waals surface area contributed by atoms with Crippen molar-refractivity contribution in [3.63, 3.8) is 0 Å². The van der Waals surface area contributed by atoms with Gasteiger partial charge in [0.25, 0.3) is 0 Å². The van der Waals surface area contributed by atoms with Gasteiger partial charge in [-0.15, -0.1) is 11.3 Å². The number of carbonyl (C=O) groups is 2. The Hall–Kier alpha value is -2.42. The summed E-state index contributed by atoms with van der Waals surface area (Å²) in [7, 11) is 0. The lowest BCUT2D eigenvalue weighted by Gasteiger charge is -2.31. The normalized spacial score (nSPS) is 14.2. The van der Waals surface area contributed by atoms with Gasteiger partial charge in [0.2, 0.25) is 5.91 Å². The third-order valence-corrected chi connectivity index (χ3v) is 6.09. The molecule has 1 fully saturated rings. The molecule has 8 heteroatoms. The molecule has 1 aromatic heterocycles. The topological polar surface area (TPSA) is 65.1 Å². The Morgan fingerprint density at radius 3 is 2.52 bits per heavy atom. The predicted octanol–water partition coefficient (Wildman–Crippen LogP) is 2.64. The van der Waals surface area contributed by atoms with Crippen molar-refractivity contribution in [2.75, 3.05) is 52.5 Å². The van der Waals surface area contributed by atoms with E-state index in [0.29, 0.717) is 39.4 Å². The Morgan fingerprint density at radius 1 is 1.06 bits per heavy atom. The molecule has 31 heavy (non-hydrogen) atoms. The number of thiophene rings is 1. The van der Waals surface area contributed by atoms with Crippen LogP contribution in [0.2, 0.25) is 0 Å². The molecular weight excluding hydrogens is 412 g/mol. The Morgan fingerprint density at radius 2 is 1.84 bits per heavy atom. The molecule has 0 unspecified atom stereocenters. The minimum atomic E-state index is -0.195. The molecule has 3 rings (SSSR count). The maximum Gasteiger partial charge on any atom is 0.317 e. The van der Waals surface area contributed by atoms with Crippen molar-refractivity contribution in [1.29, 1.82) is 0 Å². The molecule has 0 aliphatic carbocycles. The van der Waals surface area contributed by atoms with Crippen molar-refractivity contribution in [3.05, 3.63) is 58.3 Å². The molecule has 0 atom stereocenters. The largest absolute Gasteiger partial charge is 0.379 e. The van der Waals surface area contributed by atoms with Crippen LogP contribution in [-0.4, -0.2) is 79.1 Å². The summed E-state index contributed by atoms with van der Waals surface area (Å²) in [5.74, 6) is -0.0505. The Kier molecular flexibility index (Phi) is 9.33. The Bertz CT molecular complexity index is 794. The monoisotopic (exact) mass is 444 g/mol. The van der Waals surface area contributed by atoms with Crippen LogP contribution in [-0.2, 0) is 22.6 Å². The van der Waals surface area contributed by atoms with Gasteiger partial charge in [-0.05, 0) is 23.9 Å². The van der Waals surface area contributed by atoms with E-state index in [1.165, 1.54) is 0 Å². The van der Waals surface area contributed by atoms with Crippen LogP contribution in [0.3, 0.4) is 0 Å². The van der Waals surface area contributed by atoms with E-state index in [9.17, 15) is 9.59 Å². The van der Waals surface area contributed by atoms with Gasteiger partial charge in [0.15, 0.2) is 0 Å². The first kappa shape index (κ1) is 23.2. The maximum absolute atomic E-state index is 13.3. The number of nitrogens with one attached hydrogen (secondary N) is 1. The van der Waals surface area contributed by atoms with Gasteiger partial charge in [0, 0.05) is 44.1 Å². The van der Waals surface area contributed by atoms with Crippen molar-refractivity contribution >= 4 is 23.3 Å². The minimum absolute atomic E-state index is 0.0505. The van der Waals surface area contributed by atoms with Crippen molar-refractivity contribution < 1.29 is 14.3 Å². The van der Waals surface area contributed by atoms with E-state index in [-0.39, 0.29) is 18.5 Å². The first-order valence-corrected chi connectivity index (χ1v) is 11.7. The van der Waals surface area contributed by atoms with Crippen molar-refractivity contribution in [2.45, 2.75) is 20.0 Å². The van der Waals surface area contributed by atoms with E-state index < -0.39 is 0 Å². The highest BCUT2D eigenvalue weighted by Gasteiger charge is 2.23. The molecule has 1 aliphatic rings. The second-order valence-corrected chi connectivity index (χ2v) is 8.56. The summed E-state index contributed by atoms with van der Waals surface area (Å²) in [6.07, 6.45) is 0. The van der Waals surface area contributed by atoms with E-state index >= 15 is 0 Å². The first-order chi connectivity index (χ1) is 15.2. The average molecular weight is 445 g/mol. The molecule has 0 bridgehead atoms. The lowest BCUT2D eigenvalue weighted by molar-refractivity contribution is -0.133. The highest BCUT2D eigenvalue weighted by molar-refractivity contribution is 7.09. The van der Waals surface area contributed by atoms with Crippen molar-refractivity contribution in [1.82, 2.24) is 20.0 Å². The molecule has 1 aliphatic heterocycles. The number of morpholine rings is 1. The number of hydrogen-bond acceptors (Lipinski definition) is 5. The van der Waals surface area contributed by atoms with Crippen molar-refractivity contribution in [3.8, 4) is 0 Å². The lowest BCUT2D eigenvalue weighted by Crippen LogP contribution is -2.49. The zero-order valence-electron chi connectivity index (χ0n) is 18.2. The summed E-state index contributed by atoms with van der Waals surface area (Å²) in [6, 6.07) is 13.8. The molecular formula is C23H32N4O3S. The quantitative estimate of drug-likeness (QED) is 0.612.